The zero-order valence-corrected chi connectivity index (χ0v) is 18.1. The van der Waals surface area contributed by atoms with Crippen LogP contribution in [0.2, 0.25) is 0 Å². The smallest absolute Gasteiger partial charge is 0.162 e. The Morgan fingerprint density at radius 2 is 1.96 bits per heavy atom. The van der Waals surface area contributed by atoms with Gasteiger partial charge < -0.3 is 10.3 Å². The standard InChI is InChI=1S/C21H19FIN5/c1-10-17(13-7-5-6-12-15(23)9-24-18(12)13)14(22)8-16-19(10)28-11(2)26-27-20(28)21(3,4)25-16/h5-9,24-25H,1-4H3. The zero-order chi connectivity index (χ0) is 19.8. The van der Waals surface area contributed by atoms with Gasteiger partial charge in [-0.15, -0.1) is 10.2 Å². The van der Waals surface area contributed by atoms with Crippen molar-refractivity contribution in [2.45, 2.75) is 33.2 Å². The molecule has 2 N–H and O–H groups in total. The molecule has 0 unspecified atom stereocenters. The summed E-state index contributed by atoms with van der Waals surface area (Å²) in [6.45, 7) is 7.95. The zero-order valence-electron chi connectivity index (χ0n) is 16.0. The Bertz CT molecular complexity index is 1270. The monoisotopic (exact) mass is 487 g/mol. The number of rotatable bonds is 1. The lowest BCUT2D eigenvalue weighted by atomic mass is 9.92. The quantitative estimate of drug-likeness (QED) is 0.352. The highest BCUT2D eigenvalue weighted by Gasteiger charge is 2.36. The van der Waals surface area contributed by atoms with Crippen molar-refractivity contribution < 1.29 is 4.39 Å². The third kappa shape index (κ3) is 2.28. The normalized spacial score (nSPS) is 14.6. The van der Waals surface area contributed by atoms with Crippen molar-refractivity contribution in [3.05, 3.63) is 57.1 Å². The van der Waals surface area contributed by atoms with Crippen LogP contribution in [0.25, 0.3) is 27.7 Å². The van der Waals surface area contributed by atoms with E-state index in [0.717, 1.165) is 48.6 Å². The van der Waals surface area contributed by atoms with E-state index < -0.39 is 5.54 Å². The van der Waals surface area contributed by atoms with Crippen LogP contribution in [-0.4, -0.2) is 19.7 Å². The molecule has 4 aromatic rings. The van der Waals surface area contributed by atoms with Gasteiger partial charge in [0.25, 0.3) is 0 Å². The summed E-state index contributed by atoms with van der Waals surface area (Å²) in [5, 5.41) is 13.2. The molecule has 3 heterocycles. The molecule has 0 radical (unpaired) electrons. The summed E-state index contributed by atoms with van der Waals surface area (Å²) in [6, 6.07) is 7.58. The fourth-order valence-electron chi connectivity index (χ4n) is 4.24. The number of para-hydroxylation sites is 1. The van der Waals surface area contributed by atoms with E-state index in [9.17, 15) is 0 Å². The van der Waals surface area contributed by atoms with E-state index in [0.29, 0.717) is 5.56 Å². The summed E-state index contributed by atoms with van der Waals surface area (Å²) in [7, 11) is 0. The van der Waals surface area contributed by atoms with Crippen LogP contribution in [0.4, 0.5) is 10.1 Å². The minimum Gasteiger partial charge on any atom is -0.371 e. The van der Waals surface area contributed by atoms with Crippen LogP contribution in [0, 0.1) is 23.2 Å². The molecule has 0 aliphatic carbocycles. The fourth-order valence-corrected chi connectivity index (χ4v) is 4.84. The second kappa shape index (κ2) is 5.79. The number of benzene rings is 2. The van der Waals surface area contributed by atoms with Crippen molar-refractivity contribution in [1.82, 2.24) is 19.7 Å². The van der Waals surface area contributed by atoms with Crippen LogP contribution in [0.15, 0.2) is 30.5 Å². The first-order chi connectivity index (χ1) is 13.3. The van der Waals surface area contributed by atoms with Crippen molar-refractivity contribution in [2.75, 3.05) is 5.32 Å². The minimum absolute atomic E-state index is 0.245. The predicted octanol–water partition coefficient (Wildman–Crippen LogP) is 5.44. The lowest BCUT2D eigenvalue weighted by Crippen LogP contribution is -2.36. The number of halogens is 2. The van der Waals surface area contributed by atoms with Gasteiger partial charge in [0, 0.05) is 26.3 Å². The average molecular weight is 487 g/mol. The predicted molar refractivity (Wildman–Crippen MR) is 117 cm³/mol. The maximum absolute atomic E-state index is 15.4. The highest BCUT2D eigenvalue weighted by molar-refractivity contribution is 14.1. The summed E-state index contributed by atoms with van der Waals surface area (Å²) < 4.78 is 18.6. The maximum Gasteiger partial charge on any atom is 0.162 e. The third-order valence-corrected chi connectivity index (χ3v) is 6.38. The molecule has 5 nitrogen and oxygen atoms in total. The van der Waals surface area contributed by atoms with E-state index in [1.165, 1.54) is 0 Å². The Kier molecular flexibility index (Phi) is 3.65. The molecule has 0 atom stereocenters. The molecular weight excluding hydrogens is 468 g/mol. The molecule has 28 heavy (non-hydrogen) atoms. The van der Waals surface area contributed by atoms with Crippen molar-refractivity contribution in [2.24, 2.45) is 0 Å². The van der Waals surface area contributed by atoms with Gasteiger partial charge in [-0.2, -0.15) is 0 Å². The molecule has 1 aliphatic heterocycles. The van der Waals surface area contributed by atoms with E-state index in [1.807, 2.05) is 50.6 Å². The number of nitrogens with zero attached hydrogens (tertiary/aromatic N) is 3. The third-order valence-electron chi connectivity index (χ3n) is 5.48. The highest BCUT2D eigenvalue weighted by Crippen LogP contribution is 2.44. The Morgan fingerprint density at radius 1 is 1.18 bits per heavy atom. The Morgan fingerprint density at radius 3 is 2.75 bits per heavy atom. The number of aromatic amines is 1. The van der Waals surface area contributed by atoms with Gasteiger partial charge in [-0.3, -0.25) is 4.57 Å². The summed E-state index contributed by atoms with van der Waals surface area (Å²) in [6.07, 6.45) is 1.95. The van der Waals surface area contributed by atoms with Gasteiger partial charge in [0.2, 0.25) is 0 Å². The average Bonchev–Trinajstić information content (AvgIpc) is 3.19. The molecule has 1 aliphatic rings. The second-order valence-electron chi connectivity index (χ2n) is 7.78. The molecule has 7 heteroatoms. The van der Waals surface area contributed by atoms with Crippen molar-refractivity contribution in [3.8, 4) is 16.8 Å². The van der Waals surface area contributed by atoms with Crippen molar-refractivity contribution >= 4 is 39.2 Å². The topological polar surface area (TPSA) is 58.5 Å². The van der Waals surface area contributed by atoms with Gasteiger partial charge in [-0.1, -0.05) is 18.2 Å². The van der Waals surface area contributed by atoms with E-state index in [4.69, 9.17) is 0 Å². The number of hydrogen-bond acceptors (Lipinski definition) is 3. The summed E-state index contributed by atoms with van der Waals surface area (Å²) in [5.74, 6) is 1.37. The second-order valence-corrected chi connectivity index (χ2v) is 8.94. The number of H-pyrrole nitrogens is 1. The van der Waals surface area contributed by atoms with Gasteiger partial charge in [-0.25, -0.2) is 4.39 Å². The molecule has 0 saturated carbocycles. The summed E-state index contributed by atoms with van der Waals surface area (Å²) >= 11 is 2.29. The molecule has 0 bridgehead atoms. The number of aromatic nitrogens is 4. The first-order valence-electron chi connectivity index (χ1n) is 9.09. The van der Waals surface area contributed by atoms with Crippen LogP contribution in [0.1, 0.15) is 31.1 Å². The molecule has 0 fully saturated rings. The first kappa shape index (κ1) is 17.7. The molecule has 2 aromatic heterocycles. The summed E-state index contributed by atoms with van der Waals surface area (Å²) in [5.41, 5.74) is 4.49. The fraction of sp³-hybridized carbons (Fsp3) is 0.238. The van der Waals surface area contributed by atoms with Gasteiger partial charge >= 0.3 is 0 Å². The Labute approximate surface area is 175 Å². The van der Waals surface area contributed by atoms with Gasteiger partial charge in [-0.05, 0) is 61.9 Å². The van der Waals surface area contributed by atoms with Gasteiger partial charge in [0.05, 0.1) is 22.4 Å². The van der Waals surface area contributed by atoms with E-state index in [1.54, 1.807) is 6.07 Å². The first-order valence-corrected chi connectivity index (χ1v) is 10.2. The largest absolute Gasteiger partial charge is 0.371 e. The van der Waals surface area contributed by atoms with Crippen LogP contribution >= 0.6 is 22.6 Å². The SMILES string of the molecule is Cc1c(-c2cccc3c(I)c[nH]c23)c(F)cc2c1-n1c(C)nnc1C(C)(C)N2. The molecule has 5 rings (SSSR count). The minimum atomic E-state index is -0.440. The molecule has 0 amide bonds. The Balaban J connectivity index is 1.86. The summed E-state index contributed by atoms with van der Waals surface area (Å²) in [4.78, 5) is 3.31. The van der Waals surface area contributed by atoms with Crippen molar-refractivity contribution in [1.29, 1.82) is 0 Å². The number of hydrogen-bond donors (Lipinski definition) is 2. The number of fused-ring (bicyclic) bond motifs is 4. The van der Waals surface area contributed by atoms with Gasteiger partial charge in [0.1, 0.15) is 11.6 Å². The van der Waals surface area contributed by atoms with Crippen LogP contribution in [-0.2, 0) is 5.54 Å². The van der Waals surface area contributed by atoms with Gasteiger partial charge in [0.15, 0.2) is 5.82 Å². The number of anilines is 1. The van der Waals surface area contributed by atoms with Crippen LogP contribution < -0.4 is 5.32 Å². The number of aryl methyl sites for hydroxylation is 1. The molecule has 0 spiro atoms. The number of nitrogens with one attached hydrogen (secondary N) is 2. The molecule has 142 valence electrons. The lowest BCUT2D eigenvalue weighted by Gasteiger charge is -2.35. The highest BCUT2D eigenvalue weighted by atomic mass is 127. The van der Waals surface area contributed by atoms with Crippen LogP contribution in [0.5, 0.6) is 0 Å². The maximum atomic E-state index is 15.4. The molecular formula is C21H19FIN5. The Hall–Kier alpha value is -2.42. The van der Waals surface area contributed by atoms with E-state index >= 15 is 4.39 Å². The van der Waals surface area contributed by atoms with E-state index in [-0.39, 0.29) is 5.82 Å². The lowest BCUT2D eigenvalue weighted by molar-refractivity contribution is 0.532. The molecule has 0 saturated heterocycles. The van der Waals surface area contributed by atoms with Crippen molar-refractivity contribution in [3.63, 3.8) is 0 Å². The van der Waals surface area contributed by atoms with E-state index in [2.05, 4.69) is 49.2 Å². The molecule has 2 aromatic carbocycles. The van der Waals surface area contributed by atoms with Crippen LogP contribution in [0.3, 0.4) is 0 Å².